The SMILES string of the molecule is Cc1ccc(Cl)cc1NC(=O)c1cccc(NS(=O)(=O)c2ccc(Cl)cc2)c1. The molecule has 0 aliphatic heterocycles. The first-order valence-corrected chi connectivity index (χ1v) is 10.4. The second kappa shape index (κ2) is 8.22. The van der Waals surface area contributed by atoms with Gasteiger partial charge in [-0.1, -0.05) is 35.3 Å². The molecule has 2 N–H and O–H groups in total. The number of rotatable bonds is 5. The smallest absolute Gasteiger partial charge is 0.261 e. The lowest BCUT2D eigenvalue weighted by Crippen LogP contribution is -2.15. The van der Waals surface area contributed by atoms with Gasteiger partial charge in [0.1, 0.15) is 0 Å². The lowest BCUT2D eigenvalue weighted by atomic mass is 10.1. The van der Waals surface area contributed by atoms with E-state index in [1.54, 1.807) is 36.4 Å². The summed E-state index contributed by atoms with van der Waals surface area (Å²) in [4.78, 5) is 12.6. The van der Waals surface area contributed by atoms with Crippen LogP contribution in [0.5, 0.6) is 0 Å². The molecule has 0 saturated carbocycles. The predicted octanol–water partition coefficient (Wildman–Crippen LogP) is 5.35. The van der Waals surface area contributed by atoms with Gasteiger partial charge in [-0.15, -0.1) is 0 Å². The lowest BCUT2D eigenvalue weighted by Gasteiger charge is -2.11. The standard InChI is InChI=1S/C20H16Cl2N2O3S/c1-13-5-6-16(22)12-19(13)23-20(25)14-3-2-4-17(11-14)24-28(26,27)18-9-7-15(21)8-10-18/h2-12,24H,1H3,(H,23,25). The Kier molecular flexibility index (Phi) is 5.93. The molecule has 3 aromatic carbocycles. The summed E-state index contributed by atoms with van der Waals surface area (Å²) in [6, 6.07) is 17.2. The molecule has 144 valence electrons. The van der Waals surface area contributed by atoms with Crippen LogP contribution in [-0.2, 0) is 10.0 Å². The summed E-state index contributed by atoms with van der Waals surface area (Å²) in [5.74, 6) is -0.377. The number of aryl methyl sites for hydroxylation is 1. The van der Waals surface area contributed by atoms with E-state index < -0.39 is 10.0 Å². The van der Waals surface area contributed by atoms with E-state index in [2.05, 4.69) is 10.0 Å². The Morgan fingerprint density at radius 3 is 2.29 bits per heavy atom. The van der Waals surface area contributed by atoms with Crippen LogP contribution in [0.4, 0.5) is 11.4 Å². The first-order chi connectivity index (χ1) is 13.2. The Morgan fingerprint density at radius 1 is 0.893 bits per heavy atom. The Balaban J connectivity index is 1.81. The molecule has 0 atom stereocenters. The molecule has 5 nitrogen and oxygen atoms in total. The first-order valence-electron chi connectivity index (χ1n) is 8.20. The highest BCUT2D eigenvalue weighted by Gasteiger charge is 2.15. The van der Waals surface area contributed by atoms with Gasteiger partial charge in [-0.2, -0.15) is 0 Å². The Hall–Kier alpha value is -2.54. The van der Waals surface area contributed by atoms with Gasteiger partial charge in [-0.3, -0.25) is 9.52 Å². The minimum absolute atomic E-state index is 0.0707. The minimum Gasteiger partial charge on any atom is -0.322 e. The Morgan fingerprint density at radius 2 is 1.57 bits per heavy atom. The molecule has 3 aromatic rings. The normalized spacial score (nSPS) is 11.1. The van der Waals surface area contributed by atoms with Gasteiger partial charge in [0.05, 0.1) is 4.90 Å². The van der Waals surface area contributed by atoms with Crippen molar-refractivity contribution < 1.29 is 13.2 Å². The molecule has 28 heavy (non-hydrogen) atoms. The van der Waals surface area contributed by atoms with E-state index in [0.717, 1.165) is 5.56 Å². The van der Waals surface area contributed by atoms with Gasteiger partial charge in [0.2, 0.25) is 0 Å². The van der Waals surface area contributed by atoms with E-state index in [4.69, 9.17) is 23.2 Å². The Labute approximate surface area is 173 Å². The summed E-state index contributed by atoms with van der Waals surface area (Å²) in [7, 11) is -3.80. The fraction of sp³-hybridized carbons (Fsp3) is 0.0500. The van der Waals surface area contributed by atoms with Crippen LogP contribution in [0.2, 0.25) is 10.0 Å². The number of benzene rings is 3. The van der Waals surface area contributed by atoms with Crippen molar-refractivity contribution in [2.45, 2.75) is 11.8 Å². The molecule has 0 unspecified atom stereocenters. The average Bonchev–Trinajstić information content (AvgIpc) is 2.65. The molecule has 0 saturated heterocycles. The highest BCUT2D eigenvalue weighted by atomic mass is 35.5. The van der Waals surface area contributed by atoms with Crippen molar-refractivity contribution in [1.29, 1.82) is 0 Å². The first kappa shape index (κ1) is 20.2. The van der Waals surface area contributed by atoms with Gasteiger partial charge in [0.15, 0.2) is 0 Å². The van der Waals surface area contributed by atoms with Gasteiger partial charge >= 0.3 is 0 Å². The highest BCUT2D eigenvalue weighted by molar-refractivity contribution is 7.92. The average molecular weight is 435 g/mol. The van der Waals surface area contributed by atoms with E-state index in [-0.39, 0.29) is 16.5 Å². The number of carbonyl (C=O) groups excluding carboxylic acids is 1. The number of halogens is 2. The molecule has 0 spiro atoms. The molecule has 0 aromatic heterocycles. The van der Waals surface area contributed by atoms with Crippen LogP contribution in [0.25, 0.3) is 0 Å². The van der Waals surface area contributed by atoms with Gasteiger partial charge < -0.3 is 5.32 Å². The van der Waals surface area contributed by atoms with Gasteiger partial charge in [0.25, 0.3) is 15.9 Å². The maximum absolute atomic E-state index is 12.6. The van der Waals surface area contributed by atoms with E-state index in [1.165, 1.54) is 30.3 Å². The number of anilines is 2. The number of hydrogen-bond acceptors (Lipinski definition) is 3. The second-order valence-electron chi connectivity index (χ2n) is 6.05. The van der Waals surface area contributed by atoms with Crippen molar-refractivity contribution >= 4 is 50.5 Å². The fourth-order valence-electron chi connectivity index (χ4n) is 2.48. The molecule has 0 fully saturated rings. The molecular weight excluding hydrogens is 419 g/mol. The molecule has 0 radical (unpaired) electrons. The lowest BCUT2D eigenvalue weighted by molar-refractivity contribution is 0.102. The van der Waals surface area contributed by atoms with E-state index in [9.17, 15) is 13.2 Å². The van der Waals surface area contributed by atoms with Gasteiger partial charge in [-0.25, -0.2) is 8.42 Å². The fourth-order valence-corrected chi connectivity index (χ4v) is 3.82. The number of sulfonamides is 1. The molecule has 3 rings (SSSR count). The summed E-state index contributed by atoms with van der Waals surface area (Å²) in [5, 5.41) is 3.72. The predicted molar refractivity (Wildman–Crippen MR) is 113 cm³/mol. The van der Waals surface area contributed by atoms with Crippen molar-refractivity contribution in [2.24, 2.45) is 0 Å². The van der Waals surface area contributed by atoms with E-state index in [0.29, 0.717) is 21.3 Å². The third-order valence-electron chi connectivity index (χ3n) is 3.95. The van der Waals surface area contributed by atoms with Crippen molar-refractivity contribution in [3.63, 3.8) is 0 Å². The van der Waals surface area contributed by atoms with E-state index >= 15 is 0 Å². The molecule has 0 bridgehead atoms. The maximum atomic E-state index is 12.6. The number of hydrogen-bond donors (Lipinski definition) is 2. The highest BCUT2D eigenvalue weighted by Crippen LogP contribution is 2.22. The molecular formula is C20H16Cl2N2O3S. The molecule has 8 heteroatoms. The van der Waals surface area contributed by atoms with Crippen molar-refractivity contribution in [3.05, 3.63) is 87.9 Å². The maximum Gasteiger partial charge on any atom is 0.261 e. The molecule has 0 aliphatic carbocycles. The van der Waals surface area contributed by atoms with Crippen molar-refractivity contribution in [3.8, 4) is 0 Å². The third-order valence-corrected chi connectivity index (χ3v) is 5.83. The zero-order valence-corrected chi connectivity index (χ0v) is 17.1. The van der Waals surface area contributed by atoms with Crippen LogP contribution in [0.15, 0.2) is 71.6 Å². The Bertz CT molecular complexity index is 1130. The zero-order chi connectivity index (χ0) is 20.3. The third kappa shape index (κ3) is 4.84. The molecule has 0 aliphatic rings. The summed E-state index contributed by atoms with van der Waals surface area (Å²) < 4.78 is 27.5. The monoisotopic (exact) mass is 434 g/mol. The summed E-state index contributed by atoms with van der Waals surface area (Å²) >= 11 is 11.8. The zero-order valence-electron chi connectivity index (χ0n) is 14.7. The summed E-state index contributed by atoms with van der Waals surface area (Å²) in [6.07, 6.45) is 0. The van der Waals surface area contributed by atoms with Crippen LogP contribution in [0.1, 0.15) is 15.9 Å². The van der Waals surface area contributed by atoms with Crippen LogP contribution < -0.4 is 10.0 Å². The number of nitrogens with one attached hydrogen (secondary N) is 2. The van der Waals surface area contributed by atoms with Crippen molar-refractivity contribution in [1.82, 2.24) is 0 Å². The summed E-state index contributed by atoms with van der Waals surface area (Å²) in [6.45, 7) is 1.85. The van der Waals surface area contributed by atoms with Crippen molar-refractivity contribution in [2.75, 3.05) is 10.0 Å². The van der Waals surface area contributed by atoms with Crippen LogP contribution in [-0.4, -0.2) is 14.3 Å². The number of amides is 1. The number of carbonyl (C=O) groups is 1. The topological polar surface area (TPSA) is 75.3 Å². The largest absolute Gasteiger partial charge is 0.322 e. The van der Waals surface area contributed by atoms with Crippen LogP contribution in [0, 0.1) is 6.92 Å². The molecule has 0 heterocycles. The van der Waals surface area contributed by atoms with Crippen LogP contribution >= 0.6 is 23.2 Å². The second-order valence-corrected chi connectivity index (χ2v) is 8.61. The quantitative estimate of drug-likeness (QED) is 0.567. The van der Waals surface area contributed by atoms with E-state index in [1.807, 2.05) is 6.92 Å². The molecule has 1 amide bonds. The van der Waals surface area contributed by atoms with Gasteiger partial charge in [0, 0.05) is 27.0 Å². The summed E-state index contributed by atoms with van der Waals surface area (Å²) in [5.41, 5.74) is 2.02. The van der Waals surface area contributed by atoms with Crippen LogP contribution in [0.3, 0.4) is 0 Å². The van der Waals surface area contributed by atoms with Gasteiger partial charge in [-0.05, 0) is 67.1 Å². The minimum atomic E-state index is -3.80.